The average Bonchev–Trinajstić information content (AvgIpc) is 2.03. The normalized spacial score (nSPS) is 10.2. The molecule has 66 valence electrons. The van der Waals surface area contributed by atoms with Gasteiger partial charge < -0.3 is 10.8 Å². The van der Waals surface area contributed by atoms with Crippen LogP contribution in [0, 0.1) is 0 Å². The van der Waals surface area contributed by atoms with Crippen LogP contribution in [0.2, 0.25) is 5.02 Å². The van der Waals surface area contributed by atoms with Crippen LogP contribution >= 0.6 is 23.4 Å². The number of aliphatic hydroxyl groups is 1. The van der Waals surface area contributed by atoms with Gasteiger partial charge in [-0.1, -0.05) is 11.6 Å². The average molecular weight is 205 g/mol. The summed E-state index contributed by atoms with van der Waals surface area (Å²) in [6, 6.07) is 1.65. The number of nitrogens with two attached hydrogens (primary N) is 1. The number of nitrogen functional groups attached to an aromatic ring is 1. The van der Waals surface area contributed by atoms with E-state index in [4.69, 9.17) is 22.4 Å². The van der Waals surface area contributed by atoms with Gasteiger partial charge in [0, 0.05) is 11.9 Å². The van der Waals surface area contributed by atoms with Gasteiger partial charge in [-0.15, -0.1) is 11.8 Å². The third-order valence-electron chi connectivity index (χ3n) is 1.18. The molecule has 5 heteroatoms. The largest absolute Gasteiger partial charge is 0.397 e. The van der Waals surface area contributed by atoms with Gasteiger partial charge in [-0.05, 0) is 6.07 Å². The van der Waals surface area contributed by atoms with Crippen LogP contribution < -0.4 is 5.73 Å². The Morgan fingerprint density at radius 3 is 3.00 bits per heavy atom. The molecule has 0 aliphatic rings. The molecule has 0 unspecified atom stereocenters. The molecule has 1 aromatic rings. The Balaban J connectivity index is 2.72. The molecule has 12 heavy (non-hydrogen) atoms. The lowest BCUT2D eigenvalue weighted by atomic mass is 10.4. The van der Waals surface area contributed by atoms with E-state index in [1.807, 2.05) is 0 Å². The first kappa shape index (κ1) is 9.64. The zero-order valence-electron chi connectivity index (χ0n) is 6.33. The molecular weight excluding hydrogens is 196 g/mol. The third-order valence-corrected chi connectivity index (χ3v) is 2.38. The van der Waals surface area contributed by atoms with Gasteiger partial charge in [-0.3, -0.25) is 0 Å². The number of hydrogen-bond donors (Lipinski definition) is 2. The van der Waals surface area contributed by atoms with Gasteiger partial charge in [-0.25, -0.2) is 4.98 Å². The second-order valence-electron chi connectivity index (χ2n) is 2.12. The van der Waals surface area contributed by atoms with Crippen LogP contribution in [0.3, 0.4) is 0 Å². The van der Waals surface area contributed by atoms with E-state index in [0.717, 1.165) is 0 Å². The molecule has 0 aliphatic carbocycles. The Bertz CT molecular complexity index is 270. The molecule has 0 spiro atoms. The summed E-state index contributed by atoms with van der Waals surface area (Å²) >= 11 is 7.06. The molecule has 1 heterocycles. The number of rotatable bonds is 3. The molecule has 0 saturated heterocycles. The zero-order chi connectivity index (χ0) is 8.97. The Labute approximate surface area is 79.9 Å². The first-order valence-electron chi connectivity index (χ1n) is 3.38. The first-order chi connectivity index (χ1) is 5.74. The highest BCUT2D eigenvalue weighted by molar-refractivity contribution is 7.99. The monoisotopic (exact) mass is 204 g/mol. The van der Waals surface area contributed by atoms with Crippen LogP contribution in [0.5, 0.6) is 0 Å². The second-order valence-corrected chi connectivity index (χ2v) is 3.64. The van der Waals surface area contributed by atoms with Gasteiger partial charge >= 0.3 is 0 Å². The van der Waals surface area contributed by atoms with Crippen molar-refractivity contribution in [3.05, 3.63) is 17.3 Å². The van der Waals surface area contributed by atoms with Crippen molar-refractivity contribution >= 4 is 29.1 Å². The number of aliphatic hydroxyl groups excluding tert-OH is 1. The summed E-state index contributed by atoms with van der Waals surface area (Å²) in [7, 11) is 0. The fourth-order valence-corrected chi connectivity index (χ4v) is 1.51. The van der Waals surface area contributed by atoms with Gasteiger partial charge in [0.15, 0.2) is 0 Å². The maximum absolute atomic E-state index is 8.56. The van der Waals surface area contributed by atoms with Crippen LogP contribution in [0.15, 0.2) is 17.3 Å². The molecule has 0 saturated carbocycles. The van der Waals surface area contributed by atoms with E-state index < -0.39 is 0 Å². The van der Waals surface area contributed by atoms with Crippen LogP contribution in [0.1, 0.15) is 0 Å². The number of aromatic nitrogens is 1. The lowest BCUT2D eigenvalue weighted by molar-refractivity contribution is 0.322. The summed E-state index contributed by atoms with van der Waals surface area (Å²) < 4.78 is 0. The minimum Gasteiger partial charge on any atom is -0.397 e. The van der Waals surface area contributed by atoms with E-state index in [2.05, 4.69) is 4.98 Å². The standard InChI is InChI=1S/C7H9ClN2OS/c8-5-3-6(9)7(10-4-5)12-2-1-11/h3-4,11H,1-2,9H2. The lowest BCUT2D eigenvalue weighted by Crippen LogP contribution is -1.94. The Kier molecular flexibility index (Phi) is 3.65. The van der Waals surface area contributed by atoms with Gasteiger partial charge in [0.2, 0.25) is 0 Å². The molecule has 0 aliphatic heterocycles. The van der Waals surface area contributed by atoms with Crippen LogP contribution in [0.4, 0.5) is 5.69 Å². The number of nitrogens with zero attached hydrogens (tertiary/aromatic N) is 1. The quantitative estimate of drug-likeness (QED) is 0.731. The van der Waals surface area contributed by atoms with Crippen molar-refractivity contribution in [3.8, 4) is 0 Å². The van der Waals surface area contributed by atoms with Crippen molar-refractivity contribution in [3.63, 3.8) is 0 Å². The highest BCUT2D eigenvalue weighted by Crippen LogP contribution is 2.24. The molecule has 3 N–H and O–H groups in total. The van der Waals surface area contributed by atoms with E-state index in [1.54, 1.807) is 6.07 Å². The summed E-state index contributed by atoms with van der Waals surface area (Å²) in [6.45, 7) is 0.119. The Morgan fingerprint density at radius 1 is 1.67 bits per heavy atom. The van der Waals surface area contributed by atoms with Crippen molar-refractivity contribution in [2.75, 3.05) is 18.1 Å². The first-order valence-corrected chi connectivity index (χ1v) is 4.75. The fraction of sp³-hybridized carbons (Fsp3) is 0.286. The molecule has 0 fully saturated rings. The fourth-order valence-electron chi connectivity index (χ4n) is 0.705. The number of pyridine rings is 1. The molecule has 0 aromatic carbocycles. The molecule has 0 atom stereocenters. The molecule has 0 bridgehead atoms. The number of hydrogen-bond acceptors (Lipinski definition) is 4. The van der Waals surface area contributed by atoms with Crippen molar-refractivity contribution < 1.29 is 5.11 Å². The smallest absolute Gasteiger partial charge is 0.119 e. The van der Waals surface area contributed by atoms with Gasteiger partial charge in [0.05, 0.1) is 17.3 Å². The van der Waals surface area contributed by atoms with Crippen molar-refractivity contribution in [2.45, 2.75) is 5.03 Å². The predicted molar refractivity (Wildman–Crippen MR) is 51.5 cm³/mol. The highest BCUT2D eigenvalue weighted by atomic mass is 35.5. The minimum absolute atomic E-state index is 0.119. The van der Waals surface area contributed by atoms with Crippen LogP contribution in [-0.2, 0) is 0 Å². The highest BCUT2D eigenvalue weighted by Gasteiger charge is 2.01. The maximum atomic E-state index is 8.56. The molecular formula is C7H9ClN2OS. The number of thioether (sulfide) groups is 1. The summed E-state index contributed by atoms with van der Waals surface area (Å²) in [4.78, 5) is 4.01. The molecule has 0 amide bonds. The number of halogens is 1. The van der Waals surface area contributed by atoms with E-state index in [-0.39, 0.29) is 6.61 Å². The molecule has 1 aromatic heterocycles. The van der Waals surface area contributed by atoms with E-state index in [9.17, 15) is 0 Å². The maximum Gasteiger partial charge on any atom is 0.119 e. The second kappa shape index (κ2) is 4.54. The molecule has 1 rings (SSSR count). The van der Waals surface area contributed by atoms with Crippen molar-refractivity contribution in [1.29, 1.82) is 0 Å². The predicted octanol–water partition coefficient (Wildman–Crippen LogP) is 1.40. The SMILES string of the molecule is Nc1cc(Cl)cnc1SCCO. The van der Waals surface area contributed by atoms with Crippen molar-refractivity contribution in [1.82, 2.24) is 4.98 Å². The van der Waals surface area contributed by atoms with E-state index in [0.29, 0.717) is 21.5 Å². The lowest BCUT2D eigenvalue weighted by Gasteiger charge is -2.02. The van der Waals surface area contributed by atoms with E-state index in [1.165, 1.54) is 18.0 Å². The third kappa shape index (κ3) is 2.55. The number of anilines is 1. The van der Waals surface area contributed by atoms with Crippen LogP contribution in [-0.4, -0.2) is 22.5 Å². The van der Waals surface area contributed by atoms with Crippen LogP contribution in [0.25, 0.3) is 0 Å². The van der Waals surface area contributed by atoms with Gasteiger partial charge in [0.25, 0.3) is 0 Å². The zero-order valence-corrected chi connectivity index (χ0v) is 7.90. The minimum atomic E-state index is 0.119. The summed E-state index contributed by atoms with van der Waals surface area (Å²) in [5, 5.41) is 9.80. The van der Waals surface area contributed by atoms with Gasteiger partial charge in [-0.2, -0.15) is 0 Å². The topological polar surface area (TPSA) is 59.1 Å². The summed E-state index contributed by atoms with van der Waals surface area (Å²) in [5.74, 6) is 0.596. The van der Waals surface area contributed by atoms with E-state index >= 15 is 0 Å². The summed E-state index contributed by atoms with van der Waals surface area (Å²) in [6.07, 6.45) is 1.54. The Hall–Kier alpha value is -0.450. The molecule has 0 radical (unpaired) electrons. The van der Waals surface area contributed by atoms with Crippen molar-refractivity contribution in [2.24, 2.45) is 0 Å². The Morgan fingerprint density at radius 2 is 2.42 bits per heavy atom. The van der Waals surface area contributed by atoms with Gasteiger partial charge in [0.1, 0.15) is 5.03 Å². The summed E-state index contributed by atoms with van der Waals surface area (Å²) in [5.41, 5.74) is 6.17. The molecule has 3 nitrogen and oxygen atoms in total.